The molecule has 4 rings (SSSR count). The molecule has 44 heavy (non-hydrogen) atoms. The number of hydrogen-bond donors (Lipinski definition) is 0. The summed E-state index contributed by atoms with van der Waals surface area (Å²) in [4.78, 5) is 16.4. The first-order chi connectivity index (χ1) is 20.9. The van der Waals surface area contributed by atoms with Gasteiger partial charge in [-0.15, -0.1) is 0 Å². The second kappa shape index (κ2) is 14.9. The van der Waals surface area contributed by atoms with Gasteiger partial charge in [0.15, 0.2) is 12.4 Å². The normalized spacial score (nSPS) is 33.1. The molecule has 2 aromatic carbocycles. The van der Waals surface area contributed by atoms with E-state index in [1.807, 2.05) is 37.3 Å². The zero-order chi connectivity index (χ0) is 32.0. The van der Waals surface area contributed by atoms with E-state index in [1.54, 1.807) is 32.0 Å². The molecule has 2 saturated heterocycles. The van der Waals surface area contributed by atoms with Gasteiger partial charge in [-0.05, 0) is 29.5 Å². The summed E-state index contributed by atoms with van der Waals surface area (Å²) < 4.78 is 77.4. The number of methoxy groups -OCH3 is 1. The fraction of sp³-hybridized carbons (Fsp3) is 0.576. The minimum Gasteiger partial charge on any atom is -0.467 e. The van der Waals surface area contributed by atoms with Crippen molar-refractivity contribution in [1.29, 1.82) is 0 Å². The summed E-state index contributed by atoms with van der Waals surface area (Å²) in [5.41, 5.74) is 1.10. The van der Waals surface area contributed by atoms with E-state index < -0.39 is 54.7 Å². The van der Waals surface area contributed by atoms with E-state index in [4.69, 9.17) is 28.4 Å². The van der Waals surface area contributed by atoms with Crippen molar-refractivity contribution >= 4 is 17.6 Å². The number of aliphatic imine (C=N–C) groups is 1. The predicted octanol–water partition coefficient (Wildman–Crippen LogP) is 6.70. The smallest absolute Gasteiger partial charge is 0.467 e. The lowest BCUT2D eigenvalue weighted by atomic mass is 9.78. The molecule has 0 amide bonds. The van der Waals surface area contributed by atoms with Crippen LogP contribution >= 0.6 is 0 Å². The van der Waals surface area contributed by atoms with Gasteiger partial charge in [0.25, 0.3) is 5.90 Å². The van der Waals surface area contributed by atoms with Crippen LogP contribution in [0.25, 0.3) is 0 Å². The first kappa shape index (κ1) is 33.9. The maximum atomic E-state index is 14.1. The van der Waals surface area contributed by atoms with Gasteiger partial charge in [0.1, 0.15) is 0 Å². The van der Waals surface area contributed by atoms with E-state index in [2.05, 4.69) is 18.8 Å². The van der Waals surface area contributed by atoms with E-state index in [-0.39, 0.29) is 29.5 Å². The Hall–Kier alpha value is -2.99. The molecule has 2 aromatic rings. The number of ether oxygens (including phenoxy) is 6. The Labute approximate surface area is 256 Å². The highest BCUT2D eigenvalue weighted by atomic mass is 19.4. The number of carbonyl (C=O) groups excluding carboxylic acids is 1. The Morgan fingerprint density at radius 1 is 0.818 bits per heavy atom. The molecule has 0 spiro atoms. The van der Waals surface area contributed by atoms with Crippen LogP contribution in [0.4, 0.5) is 18.9 Å². The predicted molar refractivity (Wildman–Crippen MR) is 157 cm³/mol. The molecule has 10 atom stereocenters. The topological polar surface area (TPSA) is 84.8 Å². The largest absolute Gasteiger partial charge is 0.468 e. The number of hydrogen-bond acceptors (Lipinski definition) is 8. The van der Waals surface area contributed by atoms with Crippen LogP contribution in [0.15, 0.2) is 65.7 Å². The van der Waals surface area contributed by atoms with Crippen molar-refractivity contribution in [3.05, 3.63) is 66.2 Å². The number of benzene rings is 2. The van der Waals surface area contributed by atoms with Gasteiger partial charge in [-0.2, -0.15) is 13.2 Å². The molecule has 0 N–H and O–H groups in total. The van der Waals surface area contributed by atoms with Crippen LogP contribution < -0.4 is 0 Å². The molecular formula is C33H42F3NO7. The second-order valence-electron chi connectivity index (χ2n) is 11.8. The quantitative estimate of drug-likeness (QED) is 0.175. The van der Waals surface area contributed by atoms with Gasteiger partial charge in [0.05, 0.1) is 38.2 Å². The van der Waals surface area contributed by atoms with Gasteiger partial charge in [0.2, 0.25) is 6.29 Å². The molecule has 5 unspecified atom stereocenters. The molecule has 0 saturated carbocycles. The minimum absolute atomic E-state index is 0.0565. The highest BCUT2D eigenvalue weighted by Crippen LogP contribution is 2.41. The van der Waals surface area contributed by atoms with Crippen molar-refractivity contribution in [3.8, 4) is 0 Å². The zero-order valence-corrected chi connectivity index (χ0v) is 25.9. The van der Waals surface area contributed by atoms with Crippen molar-refractivity contribution in [2.24, 2.45) is 34.6 Å². The summed E-state index contributed by atoms with van der Waals surface area (Å²) in [5.74, 6) is -3.28. The Kier molecular flexibility index (Phi) is 11.4. The number of alkyl halides is 3. The van der Waals surface area contributed by atoms with Crippen LogP contribution in [0.3, 0.4) is 0 Å². The van der Waals surface area contributed by atoms with Gasteiger partial charge in [-0.3, -0.25) is 0 Å². The van der Waals surface area contributed by atoms with Crippen LogP contribution in [0.5, 0.6) is 0 Å². The van der Waals surface area contributed by atoms with Gasteiger partial charge < -0.3 is 28.4 Å². The van der Waals surface area contributed by atoms with Crippen molar-refractivity contribution in [2.45, 2.75) is 78.3 Å². The fourth-order valence-corrected chi connectivity index (χ4v) is 5.71. The van der Waals surface area contributed by atoms with Crippen LogP contribution in [0, 0.1) is 29.6 Å². The summed E-state index contributed by atoms with van der Waals surface area (Å²) in [6, 6.07) is 17.5. The highest BCUT2D eigenvalue weighted by Gasteiger charge is 2.51. The Balaban J connectivity index is 1.54. The molecule has 2 heterocycles. The molecule has 0 aromatic heterocycles. The molecule has 0 bridgehead atoms. The fourth-order valence-electron chi connectivity index (χ4n) is 5.71. The third-order valence-corrected chi connectivity index (χ3v) is 8.78. The average molecular weight is 622 g/mol. The summed E-state index contributed by atoms with van der Waals surface area (Å²) in [6.45, 7) is 10.4. The summed E-state index contributed by atoms with van der Waals surface area (Å²) >= 11 is 0. The Morgan fingerprint density at radius 2 is 1.45 bits per heavy atom. The molecule has 2 fully saturated rings. The van der Waals surface area contributed by atoms with Crippen molar-refractivity contribution in [2.75, 3.05) is 13.7 Å². The van der Waals surface area contributed by atoms with Gasteiger partial charge in [-0.25, -0.2) is 9.79 Å². The van der Waals surface area contributed by atoms with Crippen LogP contribution in [0.2, 0.25) is 0 Å². The first-order valence-corrected chi connectivity index (χ1v) is 14.9. The van der Waals surface area contributed by atoms with Crippen molar-refractivity contribution < 1.29 is 46.4 Å². The lowest BCUT2D eigenvalue weighted by molar-refractivity contribution is -0.316. The average Bonchev–Trinajstić information content (AvgIpc) is 3.01. The lowest BCUT2D eigenvalue weighted by Crippen LogP contribution is -2.57. The SMILES string of the molecule is COC(=O)C1OC(OC(=Nc2ccccc2)C(F)(F)F)C(C)[C@@H](O[C@@H]2OC(COCc3ccccc3)[C@H](C)[C@H](C)C2C)[C@H]1C. The number of carbonyl (C=O) groups is 1. The van der Waals surface area contributed by atoms with Crippen LogP contribution in [-0.2, 0) is 39.8 Å². The molecule has 242 valence electrons. The van der Waals surface area contributed by atoms with E-state index >= 15 is 0 Å². The second-order valence-corrected chi connectivity index (χ2v) is 11.8. The summed E-state index contributed by atoms with van der Waals surface area (Å²) in [7, 11) is 1.19. The maximum Gasteiger partial charge on any atom is 0.468 e. The molecule has 11 heteroatoms. The molecule has 2 aliphatic rings. The highest BCUT2D eigenvalue weighted by molar-refractivity contribution is 5.84. The number of esters is 1. The third-order valence-electron chi connectivity index (χ3n) is 8.78. The number of nitrogens with zero attached hydrogens (tertiary/aromatic N) is 1. The summed E-state index contributed by atoms with van der Waals surface area (Å²) in [5, 5.41) is 0. The van der Waals surface area contributed by atoms with Crippen molar-refractivity contribution in [1.82, 2.24) is 0 Å². The van der Waals surface area contributed by atoms with Crippen molar-refractivity contribution in [3.63, 3.8) is 0 Å². The number of rotatable bonds is 9. The molecular weight excluding hydrogens is 579 g/mol. The van der Waals surface area contributed by atoms with Crippen LogP contribution in [0.1, 0.15) is 40.2 Å². The molecule has 2 aliphatic heterocycles. The monoisotopic (exact) mass is 621 g/mol. The number of para-hydroxylation sites is 1. The number of halogens is 3. The zero-order valence-electron chi connectivity index (χ0n) is 25.9. The van der Waals surface area contributed by atoms with E-state index in [1.165, 1.54) is 19.2 Å². The molecule has 8 nitrogen and oxygen atoms in total. The van der Waals surface area contributed by atoms with E-state index in [0.29, 0.717) is 13.2 Å². The van der Waals surface area contributed by atoms with Gasteiger partial charge in [0, 0.05) is 17.8 Å². The lowest BCUT2D eigenvalue weighted by Gasteiger charge is -2.48. The Morgan fingerprint density at radius 3 is 2.07 bits per heavy atom. The summed E-state index contributed by atoms with van der Waals surface area (Å²) in [6.07, 6.45) is -9.43. The minimum atomic E-state index is -4.92. The van der Waals surface area contributed by atoms with Crippen LogP contribution in [-0.4, -0.2) is 62.7 Å². The molecule has 0 radical (unpaired) electrons. The Bertz CT molecular complexity index is 1230. The van der Waals surface area contributed by atoms with Gasteiger partial charge >= 0.3 is 12.1 Å². The van der Waals surface area contributed by atoms with E-state index in [0.717, 1.165) is 5.56 Å². The van der Waals surface area contributed by atoms with Gasteiger partial charge in [-0.1, -0.05) is 83.1 Å². The molecule has 0 aliphatic carbocycles. The third kappa shape index (κ3) is 8.18. The maximum absolute atomic E-state index is 14.1. The van der Waals surface area contributed by atoms with E-state index in [9.17, 15) is 18.0 Å². The first-order valence-electron chi connectivity index (χ1n) is 14.9. The standard InChI is InChI=1S/C33H42F3NO7/c1-19-20(2)26(18-40-17-24-13-9-7-10-14-24)41-30(21(19)3)42-27-22(4)28(29(38)39-6)43-31(23(27)5)44-32(33(34,35)36)37-25-15-11-8-12-16-25/h7-16,19-23,26-28,30-31H,17-18H2,1-6H3/t19-,20+,21?,22+,23?,26?,27-,28?,30-,31?/m0/s1.